The van der Waals surface area contributed by atoms with Crippen molar-refractivity contribution in [2.45, 2.75) is 63.5 Å². The fraction of sp³-hybridized carbons (Fsp3) is 0.889. The first kappa shape index (κ1) is 16.2. The second kappa shape index (κ2) is 6.54. The van der Waals surface area contributed by atoms with Crippen LogP contribution in [0, 0.1) is 28.6 Å². The molecule has 6 atom stereocenters. The summed E-state index contributed by atoms with van der Waals surface area (Å²) in [5, 5.41) is 6.83. The molecule has 6 unspecified atom stereocenters. The highest BCUT2D eigenvalue weighted by Gasteiger charge is 2.48. The second-order valence-electron chi connectivity index (χ2n) is 8.13. The first-order valence-electron chi connectivity index (χ1n) is 9.60. The zero-order valence-corrected chi connectivity index (χ0v) is 14.2. The number of amides is 2. The molecule has 2 aliphatic carbocycles. The maximum absolute atomic E-state index is 12.6. The lowest BCUT2D eigenvalue weighted by Crippen LogP contribution is -2.36. The SMILES string of the molecule is O=NC1CCC2NCC(CCN3C(=O)C4CCCCC4C3=O)C2C1. The van der Waals surface area contributed by atoms with Gasteiger partial charge in [0.05, 0.1) is 17.9 Å². The van der Waals surface area contributed by atoms with Crippen molar-refractivity contribution < 1.29 is 9.59 Å². The van der Waals surface area contributed by atoms with Gasteiger partial charge in [0.2, 0.25) is 11.8 Å². The van der Waals surface area contributed by atoms with Crippen molar-refractivity contribution in [2.24, 2.45) is 28.8 Å². The number of nitroso groups, excluding NO2 is 1. The van der Waals surface area contributed by atoms with Crippen LogP contribution in [0.4, 0.5) is 0 Å². The van der Waals surface area contributed by atoms with Crippen LogP contribution in [0.15, 0.2) is 5.18 Å². The van der Waals surface area contributed by atoms with Gasteiger partial charge in [0.1, 0.15) is 0 Å². The molecule has 4 aliphatic rings. The van der Waals surface area contributed by atoms with Gasteiger partial charge in [-0.1, -0.05) is 18.0 Å². The van der Waals surface area contributed by atoms with Gasteiger partial charge in [0, 0.05) is 12.6 Å². The number of fused-ring (bicyclic) bond motifs is 2. The maximum Gasteiger partial charge on any atom is 0.233 e. The Morgan fingerprint density at radius 2 is 1.75 bits per heavy atom. The summed E-state index contributed by atoms with van der Waals surface area (Å²) in [6, 6.07) is 0.437. The van der Waals surface area contributed by atoms with E-state index in [0.29, 0.717) is 24.4 Å². The van der Waals surface area contributed by atoms with Crippen molar-refractivity contribution in [2.75, 3.05) is 13.1 Å². The summed E-state index contributed by atoms with van der Waals surface area (Å²) >= 11 is 0. The van der Waals surface area contributed by atoms with Crippen LogP contribution in [0.5, 0.6) is 0 Å². The molecule has 0 aromatic heterocycles. The van der Waals surface area contributed by atoms with Crippen molar-refractivity contribution >= 4 is 11.8 Å². The Morgan fingerprint density at radius 1 is 1.04 bits per heavy atom. The van der Waals surface area contributed by atoms with Gasteiger partial charge in [-0.2, -0.15) is 4.91 Å². The molecule has 2 saturated heterocycles. The topological polar surface area (TPSA) is 78.8 Å². The maximum atomic E-state index is 12.6. The molecule has 2 aliphatic heterocycles. The fourth-order valence-corrected chi connectivity index (χ4v) is 5.57. The van der Waals surface area contributed by atoms with E-state index in [1.165, 1.54) is 0 Å². The molecule has 0 aromatic carbocycles. The Labute approximate surface area is 142 Å². The number of hydrogen-bond donors (Lipinski definition) is 1. The summed E-state index contributed by atoms with van der Waals surface area (Å²) < 4.78 is 0. The molecule has 2 heterocycles. The predicted molar refractivity (Wildman–Crippen MR) is 89.0 cm³/mol. The molecule has 0 radical (unpaired) electrons. The van der Waals surface area contributed by atoms with Crippen molar-refractivity contribution in [1.82, 2.24) is 10.2 Å². The van der Waals surface area contributed by atoms with E-state index >= 15 is 0 Å². The van der Waals surface area contributed by atoms with Gasteiger partial charge in [0.15, 0.2) is 0 Å². The second-order valence-corrected chi connectivity index (χ2v) is 8.13. The van der Waals surface area contributed by atoms with E-state index in [4.69, 9.17) is 0 Å². The fourth-order valence-electron chi connectivity index (χ4n) is 5.57. The quantitative estimate of drug-likeness (QED) is 0.631. The predicted octanol–water partition coefficient (Wildman–Crippen LogP) is 2.07. The van der Waals surface area contributed by atoms with Gasteiger partial charge in [-0.3, -0.25) is 14.5 Å². The van der Waals surface area contributed by atoms with Crippen LogP contribution in [0.25, 0.3) is 0 Å². The van der Waals surface area contributed by atoms with E-state index < -0.39 is 0 Å². The molecule has 6 heteroatoms. The third-order valence-corrected chi connectivity index (χ3v) is 6.92. The Kier molecular flexibility index (Phi) is 4.41. The number of carbonyl (C=O) groups excluding carboxylic acids is 2. The minimum atomic E-state index is -0.0495. The molecule has 4 rings (SSSR count). The molecule has 2 amide bonds. The first-order valence-corrected chi connectivity index (χ1v) is 9.60. The number of nitrogens with one attached hydrogen (secondary N) is 1. The average molecular weight is 333 g/mol. The van der Waals surface area contributed by atoms with Gasteiger partial charge in [-0.25, -0.2) is 0 Å². The highest BCUT2D eigenvalue weighted by Crippen LogP contribution is 2.40. The summed E-state index contributed by atoms with van der Waals surface area (Å²) in [4.78, 5) is 37.6. The van der Waals surface area contributed by atoms with Crippen LogP contribution in [-0.2, 0) is 9.59 Å². The normalized spacial score (nSPS) is 42.1. The van der Waals surface area contributed by atoms with Crippen molar-refractivity contribution in [1.29, 1.82) is 0 Å². The van der Waals surface area contributed by atoms with E-state index in [2.05, 4.69) is 10.5 Å². The standard InChI is InChI=1S/C18H27N3O3/c22-17-13-3-1-2-4-14(13)18(23)21(17)8-7-11-10-19-16-6-5-12(20-24)9-15(11)16/h11-16,19H,1-10H2. The lowest BCUT2D eigenvalue weighted by Gasteiger charge is -2.31. The summed E-state index contributed by atoms with van der Waals surface area (Å²) in [5.74, 6) is 0.976. The number of likely N-dealkylation sites (tertiary alicyclic amines) is 1. The monoisotopic (exact) mass is 333 g/mol. The molecule has 2 saturated carbocycles. The van der Waals surface area contributed by atoms with Crippen molar-refractivity contribution in [3.8, 4) is 0 Å². The third-order valence-electron chi connectivity index (χ3n) is 6.92. The minimum Gasteiger partial charge on any atom is -0.313 e. The summed E-state index contributed by atoms with van der Waals surface area (Å²) in [5.41, 5.74) is 0. The van der Waals surface area contributed by atoms with Crippen LogP contribution >= 0.6 is 0 Å². The van der Waals surface area contributed by atoms with Crippen LogP contribution in [-0.4, -0.2) is 41.9 Å². The lowest BCUT2D eigenvalue weighted by molar-refractivity contribution is -0.140. The van der Waals surface area contributed by atoms with Gasteiger partial charge in [-0.15, -0.1) is 0 Å². The lowest BCUT2D eigenvalue weighted by atomic mass is 9.77. The average Bonchev–Trinajstić information content (AvgIpc) is 3.13. The minimum absolute atomic E-state index is 0.0426. The Balaban J connectivity index is 1.37. The van der Waals surface area contributed by atoms with Gasteiger partial charge < -0.3 is 5.32 Å². The molecule has 132 valence electrons. The number of carbonyl (C=O) groups is 2. The number of imide groups is 1. The summed E-state index contributed by atoms with van der Waals surface area (Å²) in [6.07, 6.45) is 7.53. The van der Waals surface area contributed by atoms with Crippen LogP contribution in [0.2, 0.25) is 0 Å². The first-order chi connectivity index (χ1) is 11.7. The Morgan fingerprint density at radius 3 is 2.42 bits per heavy atom. The third kappa shape index (κ3) is 2.68. The van der Waals surface area contributed by atoms with E-state index in [0.717, 1.165) is 57.9 Å². The molecule has 0 spiro atoms. The molecule has 6 nitrogen and oxygen atoms in total. The van der Waals surface area contributed by atoms with Gasteiger partial charge >= 0.3 is 0 Å². The van der Waals surface area contributed by atoms with E-state index in [-0.39, 0.29) is 29.7 Å². The summed E-state index contributed by atoms with van der Waals surface area (Å²) in [7, 11) is 0. The number of hydrogen-bond acceptors (Lipinski definition) is 5. The smallest absolute Gasteiger partial charge is 0.233 e. The molecule has 1 N–H and O–H groups in total. The zero-order chi connectivity index (χ0) is 16.7. The molecule has 0 aromatic rings. The Hall–Kier alpha value is -1.30. The van der Waals surface area contributed by atoms with Crippen molar-refractivity contribution in [3.63, 3.8) is 0 Å². The van der Waals surface area contributed by atoms with Crippen LogP contribution < -0.4 is 5.32 Å². The van der Waals surface area contributed by atoms with Crippen molar-refractivity contribution in [3.05, 3.63) is 4.91 Å². The van der Waals surface area contributed by atoms with Gasteiger partial charge in [0.25, 0.3) is 0 Å². The summed E-state index contributed by atoms with van der Waals surface area (Å²) in [6.45, 7) is 1.49. The van der Waals surface area contributed by atoms with Crippen LogP contribution in [0.1, 0.15) is 51.4 Å². The Bertz CT molecular complexity index is 514. The number of rotatable bonds is 4. The molecule has 0 bridgehead atoms. The largest absolute Gasteiger partial charge is 0.313 e. The van der Waals surface area contributed by atoms with E-state index in [1.807, 2.05) is 0 Å². The van der Waals surface area contributed by atoms with E-state index in [9.17, 15) is 14.5 Å². The zero-order valence-electron chi connectivity index (χ0n) is 14.2. The molecular weight excluding hydrogens is 306 g/mol. The van der Waals surface area contributed by atoms with Crippen LogP contribution in [0.3, 0.4) is 0 Å². The molecular formula is C18H27N3O3. The highest BCUT2D eigenvalue weighted by molar-refractivity contribution is 6.05. The highest BCUT2D eigenvalue weighted by atomic mass is 16.3. The molecule has 4 fully saturated rings. The number of nitrogens with zero attached hydrogens (tertiary/aromatic N) is 2. The van der Waals surface area contributed by atoms with Gasteiger partial charge in [-0.05, 0) is 56.9 Å². The molecule has 24 heavy (non-hydrogen) atoms. The van der Waals surface area contributed by atoms with E-state index in [1.54, 1.807) is 4.90 Å².